The van der Waals surface area contributed by atoms with Crippen molar-refractivity contribution < 1.29 is 9.53 Å². The molecule has 1 atom stereocenters. The van der Waals surface area contributed by atoms with E-state index in [9.17, 15) is 4.79 Å². The topological polar surface area (TPSA) is 26.3 Å². The molecule has 0 heterocycles. The van der Waals surface area contributed by atoms with Crippen LogP contribution in [0.15, 0.2) is 23.8 Å². The first-order valence-corrected chi connectivity index (χ1v) is 4.25. The number of allylic oxidation sites excluding steroid dienone is 3. The Morgan fingerprint density at radius 2 is 2.50 bits per heavy atom. The molecule has 0 aromatic carbocycles. The standard InChI is InChI=1S/C10H14O2/c1-3-12-10(11)9-6-4-8(2)5-7-9/h4-6,9H,3,7H2,1-2H3. The van der Waals surface area contributed by atoms with E-state index in [1.54, 1.807) is 0 Å². The van der Waals surface area contributed by atoms with Gasteiger partial charge in [-0.15, -0.1) is 0 Å². The van der Waals surface area contributed by atoms with E-state index in [1.807, 2.05) is 26.0 Å². The Hall–Kier alpha value is -1.05. The Kier molecular flexibility index (Phi) is 3.09. The third-order valence-electron chi connectivity index (χ3n) is 1.87. The minimum atomic E-state index is -0.113. The summed E-state index contributed by atoms with van der Waals surface area (Å²) in [6.45, 7) is 4.31. The van der Waals surface area contributed by atoms with Crippen molar-refractivity contribution >= 4 is 5.97 Å². The van der Waals surface area contributed by atoms with Crippen LogP contribution in [0.2, 0.25) is 0 Å². The molecule has 0 aromatic heterocycles. The highest BCUT2D eigenvalue weighted by Crippen LogP contribution is 2.16. The van der Waals surface area contributed by atoms with Gasteiger partial charge in [0.05, 0.1) is 12.5 Å². The van der Waals surface area contributed by atoms with Gasteiger partial charge in [0, 0.05) is 0 Å². The number of hydrogen-bond donors (Lipinski definition) is 0. The molecule has 0 saturated heterocycles. The molecule has 1 rings (SSSR count). The van der Waals surface area contributed by atoms with Crippen molar-refractivity contribution in [3.8, 4) is 0 Å². The van der Waals surface area contributed by atoms with E-state index in [4.69, 9.17) is 4.74 Å². The second-order valence-electron chi connectivity index (χ2n) is 2.90. The van der Waals surface area contributed by atoms with Gasteiger partial charge in [-0.25, -0.2) is 0 Å². The summed E-state index contributed by atoms with van der Waals surface area (Å²) in [6.07, 6.45) is 6.71. The fourth-order valence-corrected chi connectivity index (χ4v) is 1.15. The molecular formula is C10H14O2. The average molecular weight is 166 g/mol. The van der Waals surface area contributed by atoms with Gasteiger partial charge >= 0.3 is 5.97 Å². The van der Waals surface area contributed by atoms with E-state index in [1.165, 1.54) is 5.57 Å². The molecule has 0 spiro atoms. The van der Waals surface area contributed by atoms with Crippen molar-refractivity contribution in [2.24, 2.45) is 5.92 Å². The number of ether oxygens (including phenoxy) is 1. The zero-order chi connectivity index (χ0) is 8.97. The third-order valence-corrected chi connectivity index (χ3v) is 1.87. The first-order chi connectivity index (χ1) is 5.74. The van der Waals surface area contributed by atoms with Gasteiger partial charge in [-0.2, -0.15) is 0 Å². The summed E-state index contributed by atoms with van der Waals surface area (Å²) in [5.74, 6) is -0.175. The molecule has 0 bridgehead atoms. The molecule has 66 valence electrons. The van der Waals surface area contributed by atoms with Crippen LogP contribution in [0.5, 0.6) is 0 Å². The van der Waals surface area contributed by atoms with Crippen LogP contribution >= 0.6 is 0 Å². The number of hydrogen-bond acceptors (Lipinski definition) is 2. The van der Waals surface area contributed by atoms with Crippen molar-refractivity contribution in [3.05, 3.63) is 23.8 Å². The zero-order valence-electron chi connectivity index (χ0n) is 7.54. The van der Waals surface area contributed by atoms with Crippen LogP contribution < -0.4 is 0 Å². The highest BCUT2D eigenvalue weighted by molar-refractivity contribution is 5.75. The lowest BCUT2D eigenvalue weighted by atomic mass is 9.98. The molecule has 0 aromatic rings. The van der Waals surface area contributed by atoms with Gasteiger partial charge in [-0.3, -0.25) is 4.79 Å². The van der Waals surface area contributed by atoms with Crippen molar-refractivity contribution in [1.82, 2.24) is 0 Å². The second kappa shape index (κ2) is 4.10. The second-order valence-corrected chi connectivity index (χ2v) is 2.90. The van der Waals surface area contributed by atoms with Crippen LogP contribution in [0, 0.1) is 5.92 Å². The molecular weight excluding hydrogens is 152 g/mol. The van der Waals surface area contributed by atoms with Crippen molar-refractivity contribution in [3.63, 3.8) is 0 Å². The lowest BCUT2D eigenvalue weighted by Crippen LogP contribution is -2.16. The van der Waals surface area contributed by atoms with Gasteiger partial charge in [0.15, 0.2) is 0 Å². The third kappa shape index (κ3) is 2.22. The smallest absolute Gasteiger partial charge is 0.313 e. The fraction of sp³-hybridized carbons (Fsp3) is 0.500. The van der Waals surface area contributed by atoms with Gasteiger partial charge in [0.25, 0.3) is 0 Å². The Morgan fingerprint density at radius 1 is 1.75 bits per heavy atom. The summed E-state index contributed by atoms with van der Waals surface area (Å²) in [5.41, 5.74) is 1.22. The molecule has 0 radical (unpaired) electrons. The molecule has 1 aliphatic carbocycles. The van der Waals surface area contributed by atoms with Crippen LogP contribution in [-0.2, 0) is 9.53 Å². The summed E-state index contributed by atoms with van der Waals surface area (Å²) in [5, 5.41) is 0. The maximum absolute atomic E-state index is 11.2. The Balaban J connectivity index is 2.47. The predicted octanol–water partition coefficient (Wildman–Crippen LogP) is 2.07. The Morgan fingerprint density at radius 3 is 3.00 bits per heavy atom. The number of rotatable bonds is 2. The summed E-state index contributed by atoms with van der Waals surface area (Å²) in [7, 11) is 0. The SMILES string of the molecule is CCOC(=O)C1C=CC(C)=CC1. The first kappa shape index (κ1) is 9.04. The van der Waals surface area contributed by atoms with Crippen LogP contribution in [0.4, 0.5) is 0 Å². The van der Waals surface area contributed by atoms with E-state index in [2.05, 4.69) is 6.08 Å². The predicted molar refractivity (Wildman–Crippen MR) is 47.6 cm³/mol. The van der Waals surface area contributed by atoms with Gasteiger partial charge in [-0.1, -0.05) is 23.8 Å². The number of carbonyl (C=O) groups excluding carboxylic acids is 1. The lowest BCUT2D eigenvalue weighted by Gasteiger charge is -2.12. The number of esters is 1. The summed E-state index contributed by atoms with van der Waals surface area (Å²) < 4.78 is 4.90. The highest BCUT2D eigenvalue weighted by Gasteiger charge is 2.16. The maximum Gasteiger partial charge on any atom is 0.313 e. The van der Waals surface area contributed by atoms with Crippen LogP contribution in [0.25, 0.3) is 0 Å². The molecule has 0 aliphatic heterocycles. The molecule has 12 heavy (non-hydrogen) atoms. The normalized spacial score (nSPS) is 21.8. The van der Waals surface area contributed by atoms with Crippen LogP contribution in [0.1, 0.15) is 20.3 Å². The van der Waals surface area contributed by atoms with E-state index >= 15 is 0 Å². The van der Waals surface area contributed by atoms with Gasteiger partial charge < -0.3 is 4.74 Å². The van der Waals surface area contributed by atoms with E-state index in [-0.39, 0.29) is 11.9 Å². The largest absolute Gasteiger partial charge is 0.466 e. The summed E-state index contributed by atoms with van der Waals surface area (Å²) in [6, 6.07) is 0. The van der Waals surface area contributed by atoms with E-state index in [0.29, 0.717) is 6.61 Å². The van der Waals surface area contributed by atoms with Gasteiger partial charge in [0.2, 0.25) is 0 Å². The molecule has 1 aliphatic rings. The molecule has 0 saturated carbocycles. The average Bonchev–Trinajstić information content (AvgIpc) is 2.06. The van der Waals surface area contributed by atoms with Crippen LogP contribution in [-0.4, -0.2) is 12.6 Å². The van der Waals surface area contributed by atoms with Gasteiger partial charge in [0.1, 0.15) is 0 Å². The lowest BCUT2D eigenvalue weighted by molar-refractivity contribution is -0.146. The Labute approximate surface area is 72.9 Å². The fourth-order valence-electron chi connectivity index (χ4n) is 1.15. The Bertz CT molecular complexity index is 226. The van der Waals surface area contributed by atoms with Crippen molar-refractivity contribution in [1.29, 1.82) is 0 Å². The summed E-state index contributed by atoms with van der Waals surface area (Å²) >= 11 is 0. The minimum Gasteiger partial charge on any atom is -0.466 e. The highest BCUT2D eigenvalue weighted by atomic mass is 16.5. The maximum atomic E-state index is 11.2. The molecule has 2 heteroatoms. The van der Waals surface area contributed by atoms with Crippen molar-refractivity contribution in [2.45, 2.75) is 20.3 Å². The van der Waals surface area contributed by atoms with Gasteiger partial charge in [-0.05, 0) is 20.3 Å². The quantitative estimate of drug-likeness (QED) is 0.587. The van der Waals surface area contributed by atoms with E-state index < -0.39 is 0 Å². The monoisotopic (exact) mass is 166 g/mol. The van der Waals surface area contributed by atoms with Crippen LogP contribution in [0.3, 0.4) is 0 Å². The molecule has 1 unspecified atom stereocenters. The molecule has 0 amide bonds. The molecule has 2 nitrogen and oxygen atoms in total. The van der Waals surface area contributed by atoms with E-state index in [0.717, 1.165) is 6.42 Å². The zero-order valence-corrected chi connectivity index (χ0v) is 7.54. The minimum absolute atomic E-state index is 0.0614. The number of carbonyl (C=O) groups is 1. The van der Waals surface area contributed by atoms with Crippen molar-refractivity contribution in [2.75, 3.05) is 6.61 Å². The molecule has 0 N–H and O–H groups in total. The first-order valence-electron chi connectivity index (χ1n) is 4.25. The molecule has 0 fully saturated rings. The summed E-state index contributed by atoms with van der Waals surface area (Å²) in [4.78, 5) is 11.2.